The lowest BCUT2D eigenvalue weighted by Gasteiger charge is -2.31. The van der Waals surface area contributed by atoms with Gasteiger partial charge < -0.3 is 10.2 Å². The molecule has 29 heavy (non-hydrogen) atoms. The Morgan fingerprint density at radius 3 is 2.34 bits per heavy atom. The Morgan fingerprint density at radius 2 is 1.76 bits per heavy atom. The van der Waals surface area contributed by atoms with E-state index in [0.29, 0.717) is 16.5 Å². The number of aryl methyl sites for hydroxylation is 1. The molecule has 0 aliphatic carbocycles. The molecule has 156 valence electrons. The summed E-state index contributed by atoms with van der Waals surface area (Å²) < 4.78 is 0. The van der Waals surface area contributed by atoms with Crippen LogP contribution < -0.4 is 5.32 Å². The zero-order valence-corrected chi connectivity index (χ0v) is 18.8. The quantitative estimate of drug-likeness (QED) is 0.622. The standard InChI is InChI=1S/C23H28Cl2N2O2/c1-5-21(23(29)26-15(2)3)27(14-18-10-11-19(24)13-20(18)25)22(28)12-17-9-7-6-8-16(17)4/h6-11,13,15,21H,5,12,14H2,1-4H3,(H,26,29). The molecule has 0 aliphatic heterocycles. The molecule has 1 N–H and O–H groups in total. The molecule has 2 aromatic rings. The summed E-state index contributed by atoms with van der Waals surface area (Å²) in [5.74, 6) is -0.276. The summed E-state index contributed by atoms with van der Waals surface area (Å²) >= 11 is 12.4. The molecule has 0 spiro atoms. The van der Waals surface area contributed by atoms with Gasteiger partial charge in [-0.25, -0.2) is 0 Å². The predicted octanol–water partition coefficient (Wildman–Crippen LogP) is 5.18. The second kappa shape index (κ2) is 10.7. The number of rotatable bonds is 8. The van der Waals surface area contributed by atoms with Gasteiger partial charge in [-0.2, -0.15) is 0 Å². The van der Waals surface area contributed by atoms with Crippen LogP contribution in [0.2, 0.25) is 10.0 Å². The summed E-state index contributed by atoms with van der Waals surface area (Å²) in [5, 5.41) is 3.93. The van der Waals surface area contributed by atoms with Crippen molar-refractivity contribution in [2.45, 2.75) is 59.2 Å². The number of carbonyl (C=O) groups excluding carboxylic acids is 2. The van der Waals surface area contributed by atoms with Gasteiger partial charge in [0, 0.05) is 22.6 Å². The minimum Gasteiger partial charge on any atom is -0.352 e. The van der Waals surface area contributed by atoms with Crippen LogP contribution in [0, 0.1) is 6.92 Å². The van der Waals surface area contributed by atoms with Gasteiger partial charge in [-0.3, -0.25) is 9.59 Å². The molecule has 0 radical (unpaired) electrons. The maximum absolute atomic E-state index is 13.3. The molecule has 0 saturated carbocycles. The van der Waals surface area contributed by atoms with Crippen molar-refractivity contribution >= 4 is 35.0 Å². The average molecular weight is 435 g/mol. The molecule has 1 atom stereocenters. The SMILES string of the molecule is CCC(C(=O)NC(C)C)N(Cc1ccc(Cl)cc1Cl)C(=O)Cc1ccccc1C. The van der Waals surface area contributed by atoms with Crippen LogP contribution in [-0.2, 0) is 22.6 Å². The van der Waals surface area contributed by atoms with Gasteiger partial charge in [0.2, 0.25) is 11.8 Å². The number of hydrogen-bond donors (Lipinski definition) is 1. The van der Waals surface area contributed by atoms with Crippen molar-refractivity contribution in [1.29, 1.82) is 0 Å². The summed E-state index contributed by atoms with van der Waals surface area (Å²) in [6, 6.07) is 12.4. The number of nitrogens with zero attached hydrogens (tertiary/aromatic N) is 1. The van der Waals surface area contributed by atoms with Gasteiger partial charge in [0.05, 0.1) is 6.42 Å². The molecule has 6 heteroatoms. The largest absolute Gasteiger partial charge is 0.352 e. The number of halogens is 2. The van der Waals surface area contributed by atoms with Gasteiger partial charge in [0.1, 0.15) is 6.04 Å². The van der Waals surface area contributed by atoms with E-state index in [0.717, 1.165) is 16.7 Å². The summed E-state index contributed by atoms with van der Waals surface area (Å²) in [6.45, 7) is 7.93. The lowest BCUT2D eigenvalue weighted by molar-refractivity contribution is -0.141. The van der Waals surface area contributed by atoms with Crippen LogP contribution in [-0.4, -0.2) is 28.8 Å². The fourth-order valence-corrected chi connectivity index (χ4v) is 3.67. The molecular weight excluding hydrogens is 407 g/mol. The molecule has 0 bridgehead atoms. The van der Waals surface area contributed by atoms with E-state index in [2.05, 4.69) is 5.32 Å². The van der Waals surface area contributed by atoms with Gasteiger partial charge in [-0.05, 0) is 56.0 Å². The summed E-state index contributed by atoms with van der Waals surface area (Å²) in [5.41, 5.74) is 2.75. The van der Waals surface area contributed by atoms with E-state index in [-0.39, 0.29) is 30.8 Å². The Morgan fingerprint density at radius 1 is 1.07 bits per heavy atom. The van der Waals surface area contributed by atoms with E-state index < -0.39 is 6.04 Å². The van der Waals surface area contributed by atoms with E-state index >= 15 is 0 Å². The van der Waals surface area contributed by atoms with Crippen molar-refractivity contribution < 1.29 is 9.59 Å². The first-order chi connectivity index (χ1) is 13.7. The Bertz CT molecular complexity index is 868. The van der Waals surface area contributed by atoms with E-state index in [1.807, 2.05) is 52.0 Å². The molecule has 0 heterocycles. The average Bonchev–Trinajstić information content (AvgIpc) is 2.64. The van der Waals surface area contributed by atoms with Gasteiger partial charge >= 0.3 is 0 Å². The normalized spacial score (nSPS) is 12.0. The molecule has 2 rings (SSSR count). The molecule has 4 nitrogen and oxygen atoms in total. The lowest BCUT2D eigenvalue weighted by Crippen LogP contribution is -2.50. The van der Waals surface area contributed by atoms with Gasteiger partial charge in [0.25, 0.3) is 0 Å². The number of nitrogens with one attached hydrogen (secondary N) is 1. The van der Waals surface area contributed by atoms with Crippen molar-refractivity contribution in [3.63, 3.8) is 0 Å². The maximum atomic E-state index is 13.3. The van der Waals surface area contributed by atoms with Gasteiger partial charge in [0.15, 0.2) is 0 Å². The molecule has 2 amide bonds. The van der Waals surface area contributed by atoms with E-state index in [4.69, 9.17) is 23.2 Å². The van der Waals surface area contributed by atoms with Crippen molar-refractivity contribution in [2.75, 3.05) is 0 Å². The van der Waals surface area contributed by atoms with E-state index in [1.165, 1.54) is 0 Å². The van der Waals surface area contributed by atoms with Crippen molar-refractivity contribution in [3.8, 4) is 0 Å². The highest BCUT2D eigenvalue weighted by Crippen LogP contribution is 2.24. The lowest BCUT2D eigenvalue weighted by atomic mass is 10.0. The molecule has 0 aliphatic rings. The third-order valence-electron chi connectivity index (χ3n) is 4.78. The highest BCUT2D eigenvalue weighted by atomic mass is 35.5. The number of amides is 2. The fraction of sp³-hybridized carbons (Fsp3) is 0.391. The molecule has 0 aromatic heterocycles. The van der Waals surface area contributed by atoms with Gasteiger partial charge in [-0.1, -0.05) is 60.5 Å². The zero-order chi connectivity index (χ0) is 21.6. The monoisotopic (exact) mass is 434 g/mol. The Balaban J connectivity index is 2.36. The summed E-state index contributed by atoms with van der Waals surface area (Å²) in [4.78, 5) is 27.8. The maximum Gasteiger partial charge on any atom is 0.243 e. The smallest absolute Gasteiger partial charge is 0.243 e. The molecule has 0 fully saturated rings. The van der Waals surface area contributed by atoms with E-state index in [9.17, 15) is 9.59 Å². The van der Waals surface area contributed by atoms with Gasteiger partial charge in [-0.15, -0.1) is 0 Å². The van der Waals surface area contributed by atoms with Crippen LogP contribution in [0.25, 0.3) is 0 Å². The molecule has 1 unspecified atom stereocenters. The first kappa shape index (κ1) is 23.2. The van der Waals surface area contributed by atoms with Crippen LogP contribution in [0.4, 0.5) is 0 Å². The highest BCUT2D eigenvalue weighted by molar-refractivity contribution is 6.35. The van der Waals surface area contributed by atoms with Crippen molar-refractivity contribution in [1.82, 2.24) is 10.2 Å². The highest BCUT2D eigenvalue weighted by Gasteiger charge is 2.29. The van der Waals surface area contributed by atoms with E-state index in [1.54, 1.807) is 23.1 Å². The van der Waals surface area contributed by atoms with Crippen LogP contribution in [0.15, 0.2) is 42.5 Å². The van der Waals surface area contributed by atoms with Crippen LogP contribution >= 0.6 is 23.2 Å². The van der Waals surface area contributed by atoms with Crippen LogP contribution in [0.1, 0.15) is 43.9 Å². The number of hydrogen-bond acceptors (Lipinski definition) is 2. The topological polar surface area (TPSA) is 49.4 Å². The molecule has 2 aromatic carbocycles. The zero-order valence-electron chi connectivity index (χ0n) is 17.3. The minimum atomic E-state index is -0.583. The van der Waals surface area contributed by atoms with Crippen LogP contribution in [0.5, 0.6) is 0 Å². The molecular formula is C23H28Cl2N2O2. The first-order valence-electron chi connectivity index (χ1n) is 9.81. The summed E-state index contributed by atoms with van der Waals surface area (Å²) in [7, 11) is 0. The fourth-order valence-electron chi connectivity index (χ4n) is 3.21. The minimum absolute atomic E-state index is 0.0102. The predicted molar refractivity (Wildman–Crippen MR) is 119 cm³/mol. The third-order valence-corrected chi connectivity index (χ3v) is 5.36. The van der Waals surface area contributed by atoms with Crippen molar-refractivity contribution in [3.05, 3.63) is 69.2 Å². The Labute approximate surface area is 183 Å². The Hall–Kier alpha value is -2.04. The third kappa shape index (κ3) is 6.48. The van der Waals surface area contributed by atoms with Crippen LogP contribution in [0.3, 0.4) is 0 Å². The van der Waals surface area contributed by atoms with Crippen molar-refractivity contribution in [2.24, 2.45) is 0 Å². The second-order valence-electron chi connectivity index (χ2n) is 7.45. The number of carbonyl (C=O) groups is 2. The first-order valence-corrected chi connectivity index (χ1v) is 10.6. The second-order valence-corrected chi connectivity index (χ2v) is 8.29. The molecule has 0 saturated heterocycles. The summed E-state index contributed by atoms with van der Waals surface area (Å²) in [6.07, 6.45) is 0.729. The Kier molecular flexibility index (Phi) is 8.54. The number of benzene rings is 2.